The molecule has 0 aromatic rings. The Labute approximate surface area is 67.1 Å². The quantitative estimate of drug-likeness (QED) is 0.250. The minimum absolute atomic E-state index is 0.0121. The Morgan fingerprint density at radius 2 is 2.11 bits per heavy atom. The number of hydrogen-bond acceptors (Lipinski definition) is 2. The number of halogens is 1. The van der Waals surface area contributed by atoms with E-state index < -0.39 is 6.03 Å². The molecule has 1 rings (SSSR count). The number of imide groups is 1. The van der Waals surface area contributed by atoms with Crippen LogP contribution in [0.3, 0.4) is 0 Å². The molecule has 3 amide bonds. The molecule has 0 N–H and O–H groups in total. The molecule has 2 radical (unpaired) electrons. The first kappa shape index (κ1) is 6.85. The monoisotopic (exact) mass is 236 g/mol. The van der Waals surface area contributed by atoms with E-state index in [4.69, 9.17) is 7.98 Å². The van der Waals surface area contributed by atoms with E-state index in [0.717, 1.165) is 7.92 Å². The van der Waals surface area contributed by atoms with Crippen molar-refractivity contribution < 1.29 is 9.59 Å². The summed E-state index contributed by atoms with van der Waals surface area (Å²) in [4.78, 5) is 22.1. The summed E-state index contributed by atoms with van der Waals surface area (Å²) in [5, 5.41) is 0. The molecule has 1 heterocycles. The highest BCUT2D eigenvalue weighted by Crippen LogP contribution is 2.11. The first-order valence-electron chi connectivity index (χ1n) is 2.18. The van der Waals surface area contributed by atoms with Crippen LogP contribution in [0.1, 0.15) is 0 Å². The maximum atomic E-state index is 10.6. The number of hydrogen-bond donors (Lipinski definition) is 0. The van der Waals surface area contributed by atoms with Gasteiger partial charge >= 0.3 is 6.03 Å². The van der Waals surface area contributed by atoms with Gasteiger partial charge in [0.2, 0.25) is 7.98 Å². The fourth-order valence-electron chi connectivity index (χ4n) is 0.495. The molecule has 1 aliphatic heterocycles. The summed E-state index contributed by atoms with van der Waals surface area (Å²) in [6.45, 7) is -0.0121. The highest BCUT2D eigenvalue weighted by Gasteiger charge is 2.30. The van der Waals surface area contributed by atoms with Crippen LogP contribution in [0.25, 0.3) is 0 Å². The number of carbonyl (C=O) groups is 2. The number of amides is 3. The van der Waals surface area contributed by atoms with Crippen LogP contribution in [0.5, 0.6) is 0 Å². The lowest BCUT2D eigenvalue weighted by Gasteiger charge is -2.04. The van der Waals surface area contributed by atoms with Gasteiger partial charge in [-0.1, -0.05) is 0 Å². The summed E-state index contributed by atoms with van der Waals surface area (Å²) in [5.41, 5.74) is 0. The van der Waals surface area contributed by atoms with E-state index in [1.165, 1.54) is 0 Å². The van der Waals surface area contributed by atoms with Crippen LogP contribution in [0.15, 0.2) is 0 Å². The third-order valence-corrected chi connectivity index (χ3v) is 1.89. The lowest BCUT2D eigenvalue weighted by atomic mass is 10.3. The van der Waals surface area contributed by atoms with Crippen molar-refractivity contribution in [1.29, 1.82) is 0 Å². The zero-order valence-electron chi connectivity index (χ0n) is 4.37. The van der Waals surface area contributed by atoms with Crippen molar-refractivity contribution in [1.82, 2.24) is 7.92 Å². The fraction of sp³-hybridized carbons (Fsp3) is 0.333. The molecule has 46 valence electrons. The molecule has 6 heteroatoms. The van der Waals surface area contributed by atoms with Crippen molar-refractivity contribution in [2.75, 3.05) is 6.54 Å². The van der Waals surface area contributed by atoms with Crippen LogP contribution in [0, 0.1) is 0 Å². The van der Waals surface area contributed by atoms with Crippen molar-refractivity contribution in [3.8, 4) is 0 Å². The van der Waals surface area contributed by atoms with Gasteiger partial charge in [-0.15, -0.1) is 0 Å². The van der Waals surface area contributed by atoms with Crippen molar-refractivity contribution >= 4 is 42.8 Å². The zero-order valence-corrected chi connectivity index (χ0v) is 6.53. The molecule has 1 fully saturated rings. The second-order valence-electron chi connectivity index (χ2n) is 1.59. The molecule has 0 bridgehead atoms. The molecule has 0 atom stereocenters. The van der Waals surface area contributed by atoms with Crippen molar-refractivity contribution in [3.05, 3.63) is 0 Å². The average molecular weight is 236 g/mol. The molecule has 1 saturated heterocycles. The predicted molar refractivity (Wildman–Crippen MR) is 38.7 cm³/mol. The predicted octanol–water partition coefficient (Wildman–Crippen LogP) is -0.316. The molecule has 1 aliphatic rings. The molecular weight excluding hydrogens is 234 g/mol. The van der Waals surface area contributed by atoms with E-state index in [1.54, 1.807) is 22.9 Å². The maximum absolute atomic E-state index is 10.6. The number of nitrogens with zero attached hydrogens (tertiary/aromatic N) is 2. The van der Waals surface area contributed by atoms with Gasteiger partial charge in [-0.25, -0.2) is 7.91 Å². The summed E-state index contributed by atoms with van der Waals surface area (Å²) in [6, 6.07) is -0.458. The van der Waals surface area contributed by atoms with Crippen LogP contribution in [-0.2, 0) is 4.79 Å². The topological polar surface area (TPSA) is 40.6 Å². The SMILES string of the molecule is [B]N1CC(=O)N(I)C1=O. The van der Waals surface area contributed by atoms with E-state index in [1.807, 2.05) is 0 Å². The first-order chi connectivity index (χ1) is 4.13. The highest BCUT2D eigenvalue weighted by atomic mass is 127. The number of carbonyl (C=O) groups excluding carboxylic acids is 2. The smallest absolute Gasteiger partial charge is 0.323 e. The Morgan fingerprint density at radius 1 is 1.56 bits per heavy atom. The molecule has 0 aliphatic carbocycles. The Hall–Kier alpha value is -0.265. The lowest BCUT2D eigenvalue weighted by molar-refractivity contribution is -0.121. The van der Waals surface area contributed by atoms with Gasteiger partial charge in [-0.2, -0.15) is 0 Å². The minimum atomic E-state index is -0.458. The Bertz CT molecular complexity index is 173. The first-order valence-corrected chi connectivity index (χ1v) is 3.14. The maximum Gasteiger partial charge on any atom is 0.323 e. The van der Waals surface area contributed by atoms with Gasteiger partial charge < -0.3 is 4.81 Å². The summed E-state index contributed by atoms with van der Waals surface area (Å²) in [6.07, 6.45) is 0. The van der Waals surface area contributed by atoms with Gasteiger partial charge in [0.25, 0.3) is 5.91 Å². The summed E-state index contributed by atoms with van der Waals surface area (Å²) >= 11 is 1.61. The van der Waals surface area contributed by atoms with Crippen LogP contribution in [-0.4, -0.2) is 34.4 Å². The van der Waals surface area contributed by atoms with Crippen molar-refractivity contribution in [2.45, 2.75) is 0 Å². The third-order valence-electron chi connectivity index (χ3n) is 0.938. The number of rotatable bonds is 0. The van der Waals surface area contributed by atoms with E-state index in [-0.39, 0.29) is 12.5 Å². The molecular formula is C3H2BIN2O2. The normalized spacial score (nSPS) is 19.7. The Balaban J connectivity index is 2.77. The van der Waals surface area contributed by atoms with Gasteiger partial charge in [-0.05, 0) is 0 Å². The van der Waals surface area contributed by atoms with Gasteiger partial charge in [0, 0.05) is 0 Å². The molecule has 0 aromatic carbocycles. The summed E-state index contributed by atoms with van der Waals surface area (Å²) in [7, 11) is 5.08. The van der Waals surface area contributed by atoms with E-state index >= 15 is 0 Å². The highest BCUT2D eigenvalue weighted by molar-refractivity contribution is 14.1. The molecule has 0 unspecified atom stereocenters. The molecule has 9 heavy (non-hydrogen) atoms. The lowest BCUT2D eigenvalue weighted by Crippen LogP contribution is -2.23. The fourth-order valence-corrected chi connectivity index (χ4v) is 0.925. The van der Waals surface area contributed by atoms with Gasteiger partial charge in [-0.3, -0.25) is 4.79 Å². The number of urea groups is 1. The van der Waals surface area contributed by atoms with Crippen LogP contribution >= 0.6 is 22.9 Å². The third kappa shape index (κ3) is 1.03. The zero-order chi connectivity index (χ0) is 7.02. The average Bonchev–Trinajstić information content (AvgIpc) is 1.98. The van der Waals surface area contributed by atoms with Crippen molar-refractivity contribution in [2.24, 2.45) is 0 Å². The minimum Gasteiger partial charge on any atom is -0.370 e. The second-order valence-corrected chi connectivity index (χ2v) is 2.55. The standard InChI is InChI=1S/C3H2BIN2O2/c4-6-1-2(8)7(5)3(6)9/h1H2. The Kier molecular flexibility index (Phi) is 1.65. The van der Waals surface area contributed by atoms with Crippen LogP contribution in [0.4, 0.5) is 4.79 Å². The molecule has 0 saturated carbocycles. The van der Waals surface area contributed by atoms with Gasteiger partial charge in [0.1, 0.15) is 0 Å². The summed E-state index contributed by atoms with van der Waals surface area (Å²) in [5.74, 6) is -0.275. The van der Waals surface area contributed by atoms with Crippen LogP contribution < -0.4 is 0 Å². The second kappa shape index (κ2) is 2.16. The molecule has 4 nitrogen and oxygen atoms in total. The van der Waals surface area contributed by atoms with Crippen molar-refractivity contribution in [3.63, 3.8) is 0 Å². The van der Waals surface area contributed by atoms with Gasteiger partial charge in [0.15, 0.2) is 0 Å². The van der Waals surface area contributed by atoms with E-state index in [2.05, 4.69) is 0 Å². The Morgan fingerprint density at radius 3 is 2.22 bits per heavy atom. The largest absolute Gasteiger partial charge is 0.370 e. The molecule has 0 aromatic heterocycles. The summed E-state index contributed by atoms with van der Waals surface area (Å²) < 4.78 is 0.956. The molecule has 0 spiro atoms. The van der Waals surface area contributed by atoms with E-state index in [9.17, 15) is 9.59 Å². The van der Waals surface area contributed by atoms with Crippen LogP contribution in [0.2, 0.25) is 0 Å². The van der Waals surface area contributed by atoms with E-state index in [0.29, 0.717) is 0 Å². The van der Waals surface area contributed by atoms with Gasteiger partial charge in [0.05, 0.1) is 29.4 Å².